The van der Waals surface area contributed by atoms with E-state index >= 15 is 0 Å². The normalized spacial score (nSPS) is 19.9. The molecule has 0 spiro atoms. The smallest absolute Gasteiger partial charge is 0.417 e. The van der Waals surface area contributed by atoms with Gasteiger partial charge in [0.25, 0.3) is 0 Å². The Morgan fingerprint density at radius 3 is 2.68 bits per heavy atom. The number of carbonyl (C=O) groups is 2. The van der Waals surface area contributed by atoms with Crippen molar-refractivity contribution in [3.8, 4) is 11.8 Å². The van der Waals surface area contributed by atoms with Crippen molar-refractivity contribution in [2.45, 2.75) is 39.2 Å². The maximum absolute atomic E-state index is 12.6. The van der Waals surface area contributed by atoms with E-state index in [2.05, 4.69) is 11.8 Å². The third-order valence-corrected chi connectivity index (χ3v) is 4.05. The lowest BCUT2D eigenvalue weighted by Crippen LogP contribution is -2.44. The minimum absolute atomic E-state index is 0.0288. The van der Waals surface area contributed by atoms with Crippen LogP contribution in [0.15, 0.2) is 30.3 Å². The lowest BCUT2D eigenvalue weighted by molar-refractivity contribution is -0.133. The van der Waals surface area contributed by atoms with Crippen molar-refractivity contribution in [3.05, 3.63) is 35.9 Å². The van der Waals surface area contributed by atoms with E-state index in [0.29, 0.717) is 6.42 Å². The summed E-state index contributed by atoms with van der Waals surface area (Å²) in [5.74, 6) is 5.17. The fraction of sp³-hybridized carbons (Fsp3) is 0.444. The molecule has 2 rings (SSSR count). The maximum Gasteiger partial charge on any atom is 0.417 e. The number of nitrogens with zero attached hydrogens (tertiary/aromatic N) is 1. The minimum Gasteiger partial charge on any atom is -0.447 e. The van der Waals surface area contributed by atoms with Crippen LogP contribution in [0.2, 0.25) is 0 Å². The van der Waals surface area contributed by atoms with Gasteiger partial charge in [0.2, 0.25) is 5.91 Å². The van der Waals surface area contributed by atoms with Gasteiger partial charge in [0.05, 0.1) is 6.04 Å². The summed E-state index contributed by atoms with van der Waals surface area (Å²) < 4.78 is 5.13. The van der Waals surface area contributed by atoms with E-state index < -0.39 is 6.09 Å². The predicted octanol–water partition coefficient (Wildman–Crippen LogP) is 3.19. The van der Waals surface area contributed by atoms with Crippen LogP contribution in [0.25, 0.3) is 0 Å². The highest BCUT2D eigenvalue weighted by molar-refractivity contribution is 5.94. The van der Waals surface area contributed by atoms with Gasteiger partial charge in [0, 0.05) is 18.3 Å². The molecule has 22 heavy (non-hydrogen) atoms. The highest BCUT2D eigenvalue weighted by atomic mass is 16.6. The molecule has 1 fully saturated rings. The number of benzene rings is 1. The molecule has 0 bridgehead atoms. The molecule has 116 valence electrons. The molecule has 3 atom stereocenters. The summed E-state index contributed by atoms with van der Waals surface area (Å²) in [5.41, 5.74) is 1.09. The molecule has 1 aromatic rings. The van der Waals surface area contributed by atoms with Gasteiger partial charge < -0.3 is 4.74 Å². The molecule has 2 amide bonds. The molecule has 1 unspecified atom stereocenters. The zero-order valence-corrected chi connectivity index (χ0v) is 13.2. The summed E-state index contributed by atoms with van der Waals surface area (Å²) in [6.07, 6.45) is -0.0972. The van der Waals surface area contributed by atoms with E-state index in [-0.39, 0.29) is 30.4 Å². The molecule has 0 aromatic heterocycles. The zero-order valence-electron chi connectivity index (χ0n) is 13.2. The molecule has 4 nitrogen and oxygen atoms in total. The fourth-order valence-electron chi connectivity index (χ4n) is 2.62. The second-order valence-electron chi connectivity index (χ2n) is 5.58. The number of imide groups is 1. The lowest BCUT2D eigenvalue weighted by atomic mass is 9.92. The average Bonchev–Trinajstić information content (AvgIpc) is 2.93. The van der Waals surface area contributed by atoms with Gasteiger partial charge in [-0.1, -0.05) is 44.2 Å². The Morgan fingerprint density at radius 2 is 2.05 bits per heavy atom. The Bertz CT molecular complexity index is 600. The van der Waals surface area contributed by atoms with Gasteiger partial charge in [-0.05, 0) is 12.5 Å². The van der Waals surface area contributed by atoms with E-state index in [1.54, 1.807) is 13.8 Å². The lowest BCUT2D eigenvalue weighted by Gasteiger charge is -2.27. The van der Waals surface area contributed by atoms with Crippen LogP contribution >= 0.6 is 0 Å². The first-order valence-electron chi connectivity index (χ1n) is 7.50. The van der Waals surface area contributed by atoms with Gasteiger partial charge in [-0.15, -0.1) is 11.8 Å². The first-order valence-corrected chi connectivity index (χ1v) is 7.50. The van der Waals surface area contributed by atoms with Crippen molar-refractivity contribution in [3.63, 3.8) is 0 Å². The van der Waals surface area contributed by atoms with Crippen molar-refractivity contribution in [1.82, 2.24) is 4.90 Å². The molecule has 1 aromatic carbocycles. The number of ether oxygens (including phenoxy) is 1. The molecule has 0 aliphatic carbocycles. The standard InChI is InChI=1S/C18H21NO3/c1-4-5-9-13(2)17(20)19-16(12-22-18(19)21)14(3)15-10-7-6-8-11-15/h6-8,10-11,13-14,16H,9,12H2,1-3H3/t13-,14?,16-/m0/s1. The number of hydrogen-bond acceptors (Lipinski definition) is 3. The van der Waals surface area contributed by atoms with E-state index in [0.717, 1.165) is 5.56 Å². The molecule has 1 aliphatic rings. The number of carbonyl (C=O) groups excluding carboxylic acids is 2. The first-order chi connectivity index (χ1) is 10.6. The number of cyclic esters (lactones) is 1. The molecule has 1 aliphatic heterocycles. The van der Waals surface area contributed by atoms with E-state index in [4.69, 9.17) is 4.74 Å². The van der Waals surface area contributed by atoms with Crippen molar-refractivity contribution in [2.24, 2.45) is 5.92 Å². The summed E-state index contributed by atoms with van der Waals surface area (Å²) >= 11 is 0. The highest BCUT2D eigenvalue weighted by Gasteiger charge is 2.42. The van der Waals surface area contributed by atoms with Gasteiger partial charge in [-0.3, -0.25) is 4.79 Å². The first kappa shape index (κ1) is 16.1. The Kier molecular flexibility index (Phi) is 5.21. The Hall–Kier alpha value is -2.28. The van der Waals surface area contributed by atoms with Crippen molar-refractivity contribution in [1.29, 1.82) is 0 Å². The van der Waals surface area contributed by atoms with E-state index in [1.807, 2.05) is 37.3 Å². The van der Waals surface area contributed by atoms with E-state index in [1.165, 1.54) is 4.90 Å². The van der Waals surface area contributed by atoms with Crippen LogP contribution in [0.5, 0.6) is 0 Å². The van der Waals surface area contributed by atoms with Crippen LogP contribution in [-0.2, 0) is 9.53 Å². The molecule has 0 N–H and O–H groups in total. The average molecular weight is 299 g/mol. The number of amides is 2. The maximum atomic E-state index is 12.6. The minimum atomic E-state index is -0.547. The molecule has 1 heterocycles. The Balaban J connectivity index is 2.18. The molecule has 0 saturated carbocycles. The van der Waals surface area contributed by atoms with Crippen molar-refractivity contribution < 1.29 is 14.3 Å². The fourth-order valence-corrected chi connectivity index (χ4v) is 2.62. The van der Waals surface area contributed by atoms with Gasteiger partial charge >= 0.3 is 6.09 Å². The number of hydrogen-bond donors (Lipinski definition) is 0. The molecule has 0 radical (unpaired) electrons. The zero-order chi connectivity index (χ0) is 16.1. The Morgan fingerprint density at radius 1 is 1.36 bits per heavy atom. The molecule has 1 saturated heterocycles. The van der Waals surface area contributed by atoms with Crippen LogP contribution < -0.4 is 0 Å². The summed E-state index contributed by atoms with van der Waals surface area (Å²) in [6, 6.07) is 9.59. The topological polar surface area (TPSA) is 46.6 Å². The van der Waals surface area contributed by atoms with Crippen molar-refractivity contribution in [2.75, 3.05) is 6.61 Å². The van der Waals surface area contributed by atoms with Crippen LogP contribution in [0.4, 0.5) is 4.79 Å². The predicted molar refractivity (Wildman–Crippen MR) is 84.1 cm³/mol. The summed E-state index contributed by atoms with van der Waals surface area (Å²) in [4.78, 5) is 25.8. The second kappa shape index (κ2) is 7.13. The number of rotatable bonds is 4. The third kappa shape index (κ3) is 3.30. The SMILES string of the molecule is CC#CC[C@H](C)C(=O)N1C(=O)OC[C@H]1C(C)c1ccccc1. The van der Waals surface area contributed by atoms with Crippen LogP contribution in [-0.4, -0.2) is 29.5 Å². The van der Waals surface area contributed by atoms with Crippen LogP contribution in [0.1, 0.15) is 38.7 Å². The van der Waals surface area contributed by atoms with Gasteiger partial charge in [-0.25, -0.2) is 9.69 Å². The van der Waals surface area contributed by atoms with Crippen LogP contribution in [0.3, 0.4) is 0 Å². The highest BCUT2D eigenvalue weighted by Crippen LogP contribution is 2.29. The summed E-state index contributed by atoms with van der Waals surface area (Å²) in [6.45, 7) is 5.79. The monoisotopic (exact) mass is 299 g/mol. The van der Waals surface area contributed by atoms with Gasteiger partial charge in [-0.2, -0.15) is 0 Å². The van der Waals surface area contributed by atoms with E-state index in [9.17, 15) is 9.59 Å². The van der Waals surface area contributed by atoms with Gasteiger partial charge in [0.15, 0.2) is 0 Å². The summed E-state index contributed by atoms with van der Waals surface area (Å²) in [5, 5.41) is 0. The molecular weight excluding hydrogens is 278 g/mol. The molecular formula is C18H21NO3. The quantitative estimate of drug-likeness (QED) is 0.802. The second-order valence-corrected chi connectivity index (χ2v) is 5.58. The third-order valence-electron chi connectivity index (χ3n) is 4.05. The van der Waals surface area contributed by atoms with Gasteiger partial charge in [0.1, 0.15) is 6.61 Å². The molecule has 4 heteroatoms. The van der Waals surface area contributed by atoms with Crippen molar-refractivity contribution >= 4 is 12.0 Å². The largest absolute Gasteiger partial charge is 0.447 e. The summed E-state index contributed by atoms with van der Waals surface area (Å²) in [7, 11) is 0. The Labute approximate surface area is 131 Å². The van der Waals surface area contributed by atoms with Crippen LogP contribution in [0, 0.1) is 17.8 Å².